The fourth-order valence-corrected chi connectivity index (χ4v) is 1.23. The smallest absolute Gasteiger partial charge is 0.409 e. The Kier molecular flexibility index (Phi) is 5.42. The number of rotatable bonds is 6. The Morgan fingerprint density at radius 3 is 2.45 bits per heavy atom. The van der Waals surface area contributed by atoms with Crippen LogP contribution in [0.15, 0.2) is 24.3 Å². The Morgan fingerprint density at radius 1 is 1.40 bits per heavy atom. The number of benzene rings is 1. The quantitative estimate of drug-likeness (QED) is 0.450. The number of carbonyl (C=O) groups is 2. The number of carboxylic acid groups (broad SMARTS) is 1. The van der Waals surface area contributed by atoms with Crippen molar-refractivity contribution in [2.24, 2.45) is 0 Å². The molecule has 0 aliphatic rings. The average molecular weight is 284 g/mol. The SMILES string of the molecule is COC(NC(=O)OCc1ccc([N+](=O)[O-])cc1)C(=O)O. The average Bonchev–Trinajstić information content (AvgIpc) is 2.42. The third-order valence-corrected chi connectivity index (χ3v) is 2.23. The molecule has 1 aromatic carbocycles. The molecule has 1 atom stereocenters. The van der Waals surface area contributed by atoms with Crippen LogP contribution in [0.2, 0.25) is 0 Å². The fraction of sp³-hybridized carbons (Fsp3) is 0.273. The van der Waals surface area contributed by atoms with Gasteiger partial charge in [0.2, 0.25) is 6.23 Å². The van der Waals surface area contributed by atoms with E-state index in [1.165, 1.54) is 24.3 Å². The van der Waals surface area contributed by atoms with Gasteiger partial charge in [0.1, 0.15) is 6.61 Å². The molecular weight excluding hydrogens is 272 g/mol. The van der Waals surface area contributed by atoms with Crippen LogP contribution in [0.5, 0.6) is 0 Å². The van der Waals surface area contributed by atoms with Crippen LogP contribution in [0, 0.1) is 10.1 Å². The van der Waals surface area contributed by atoms with Crippen molar-refractivity contribution in [2.45, 2.75) is 12.8 Å². The summed E-state index contributed by atoms with van der Waals surface area (Å²) >= 11 is 0. The number of hydrogen-bond donors (Lipinski definition) is 2. The van der Waals surface area contributed by atoms with Crippen LogP contribution in [0.3, 0.4) is 0 Å². The topological polar surface area (TPSA) is 128 Å². The molecule has 1 unspecified atom stereocenters. The van der Waals surface area contributed by atoms with Gasteiger partial charge in [-0.2, -0.15) is 0 Å². The number of carboxylic acids is 1. The van der Waals surface area contributed by atoms with Gasteiger partial charge >= 0.3 is 12.1 Å². The van der Waals surface area contributed by atoms with Crippen LogP contribution in [-0.2, 0) is 20.9 Å². The van der Waals surface area contributed by atoms with Gasteiger partial charge in [0, 0.05) is 19.2 Å². The van der Waals surface area contributed by atoms with E-state index in [1.54, 1.807) is 0 Å². The number of carbonyl (C=O) groups excluding carboxylic acids is 1. The second-order valence-corrected chi connectivity index (χ2v) is 3.60. The van der Waals surface area contributed by atoms with Crippen molar-refractivity contribution in [3.05, 3.63) is 39.9 Å². The lowest BCUT2D eigenvalue weighted by molar-refractivity contribution is -0.384. The van der Waals surface area contributed by atoms with Gasteiger partial charge in [-0.3, -0.25) is 15.4 Å². The number of methoxy groups -OCH3 is 1. The van der Waals surface area contributed by atoms with E-state index in [4.69, 9.17) is 9.84 Å². The highest BCUT2D eigenvalue weighted by atomic mass is 16.6. The van der Waals surface area contributed by atoms with Crippen LogP contribution in [0.4, 0.5) is 10.5 Å². The van der Waals surface area contributed by atoms with Crippen molar-refractivity contribution in [1.29, 1.82) is 0 Å². The van der Waals surface area contributed by atoms with Crippen molar-refractivity contribution in [2.75, 3.05) is 7.11 Å². The molecule has 20 heavy (non-hydrogen) atoms. The minimum atomic E-state index is -1.50. The number of hydrogen-bond acceptors (Lipinski definition) is 6. The summed E-state index contributed by atoms with van der Waals surface area (Å²) in [5, 5.41) is 21.0. The summed E-state index contributed by atoms with van der Waals surface area (Å²) in [6, 6.07) is 5.39. The minimum Gasteiger partial charge on any atom is -0.478 e. The highest BCUT2D eigenvalue weighted by molar-refractivity contribution is 5.78. The van der Waals surface area contributed by atoms with Gasteiger partial charge in [-0.15, -0.1) is 0 Å². The fourth-order valence-electron chi connectivity index (χ4n) is 1.23. The number of aliphatic carboxylic acids is 1. The number of nitro groups is 1. The van der Waals surface area contributed by atoms with Crippen LogP contribution < -0.4 is 5.32 Å². The summed E-state index contributed by atoms with van der Waals surface area (Å²) in [5.41, 5.74) is 0.443. The lowest BCUT2D eigenvalue weighted by atomic mass is 10.2. The van der Waals surface area contributed by atoms with Crippen molar-refractivity contribution >= 4 is 17.7 Å². The van der Waals surface area contributed by atoms with Gasteiger partial charge in [-0.1, -0.05) is 0 Å². The molecule has 9 heteroatoms. The number of non-ortho nitro benzene ring substituents is 1. The summed E-state index contributed by atoms with van der Waals surface area (Å²) < 4.78 is 9.24. The number of nitrogens with zero attached hydrogens (tertiary/aromatic N) is 1. The molecule has 0 heterocycles. The zero-order chi connectivity index (χ0) is 15.1. The van der Waals surface area contributed by atoms with Gasteiger partial charge in [-0.25, -0.2) is 9.59 Å². The van der Waals surface area contributed by atoms with E-state index in [0.717, 1.165) is 7.11 Å². The summed E-state index contributed by atoms with van der Waals surface area (Å²) in [7, 11) is 1.12. The maximum Gasteiger partial charge on any atom is 0.409 e. The summed E-state index contributed by atoms with van der Waals surface area (Å²) in [4.78, 5) is 31.8. The molecule has 9 nitrogen and oxygen atoms in total. The van der Waals surface area contributed by atoms with Crippen molar-refractivity contribution < 1.29 is 29.1 Å². The Bertz CT molecular complexity index is 500. The number of ether oxygens (including phenoxy) is 2. The van der Waals surface area contributed by atoms with E-state index < -0.39 is 23.2 Å². The zero-order valence-electron chi connectivity index (χ0n) is 10.4. The second-order valence-electron chi connectivity index (χ2n) is 3.60. The minimum absolute atomic E-state index is 0.0801. The molecule has 0 aromatic heterocycles. The Morgan fingerprint density at radius 2 is 2.00 bits per heavy atom. The van der Waals surface area contributed by atoms with Crippen LogP contribution >= 0.6 is 0 Å². The van der Waals surface area contributed by atoms with Crippen molar-refractivity contribution in [1.82, 2.24) is 5.32 Å². The molecule has 1 rings (SSSR count). The standard InChI is InChI=1S/C11H12N2O7/c1-19-9(10(14)15)12-11(16)20-6-7-2-4-8(5-3-7)13(17)18/h2-5,9H,6H2,1H3,(H,12,16)(H,14,15). The predicted molar refractivity (Wildman–Crippen MR) is 64.8 cm³/mol. The number of alkyl carbamates (subject to hydrolysis) is 1. The van der Waals surface area contributed by atoms with Crippen LogP contribution in [0.1, 0.15) is 5.56 Å². The van der Waals surface area contributed by atoms with E-state index in [9.17, 15) is 19.7 Å². The normalized spacial score (nSPS) is 11.4. The summed E-state index contributed by atoms with van der Waals surface area (Å²) in [6.07, 6.45) is -2.48. The first-order chi connectivity index (χ1) is 9.43. The Hall–Kier alpha value is -2.68. The number of nitrogens with one attached hydrogen (secondary N) is 1. The van der Waals surface area contributed by atoms with Gasteiger partial charge < -0.3 is 14.6 Å². The third kappa shape index (κ3) is 4.53. The molecule has 0 aliphatic heterocycles. The first-order valence-electron chi connectivity index (χ1n) is 5.36. The van der Waals surface area contributed by atoms with Gasteiger partial charge in [0.25, 0.3) is 5.69 Å². The Balaban J connectivity index is 2.48. The molecule has 0 radical (unpaired) electrons. The van der Waals surface area contributed by atoms with Crippen LogP contribution in [-0.4, -0.2) is 35.4 Å². The van der Waals surface area contributed by atoms with E-state index >= 15 is 0 Å². The van der Waals surface area contributed by atoms with E-state index in [1.807, 2.05) is 5.32 Å². The maximum absolute atomic E-state index is 11.3. The molecule has 1 amide bonds. The Labute approximate surface area is 113 Å². The second kappa shape index (κ2) is 7.04. The molecule has 2 N–H and O–H groups in total. The molecule has 108 valence electrons. The molecule has 0 bridgehead atoms. The van der Waals surface area contributed by atoms with E-state index in [-0.39, 0.29) is 12.3 Å². The number of nitro benzene ring substituents is 1. The van der Waals surface area contributed by atoms with Crippen LogP contribution in [0.25, 0.3) is 0 Å². The molecular formula is C11H12N2O7. The zero-order valence-corrected chi connectivity index (χ0v) is 10.4. The lowest BCUT2D eigenvalue weighted by Crippen LogP contribution is -2.42. The first kappa shape index (κ1) is 15.4. The first-order valence-corrected chi connectivity index (χ1v) is 5.36. The molecule has 0 saturated heterocycles. The highest BCUT2D eigenvalue weighted by Crippen LogP contribution is 2.12. The maximum atomic E-state index is 11.3. The monoisotopic (exact) mass is 284 g/mol. The predicted octanol–water partition coefficient (Wildman–Crippen LogP) is 0.878. The molecule has 0 spiro atoms. The van der Waals surface area contributed by atoms with E-state index in [2.05, 4.69) is 4.74 Å². The third-order valence-electron chi connectivity index (χ3n) is 2.23. The van der Waals surface area contributed by atoms with Crippen molar-refractivity contribution in [3.63, 3.8) is 0 Å². The molecule has 0 aliphatic carbocycles. The lowest BCUT2D eigenvalue weighted by Gasteiger charge is -2.12. The van der Waals surface area contributed by atoms with Gasteiger partial charge in [-0.05, 0) is 17.7 Å². The largest absolute Gasteiger partial charge is 0.478 e. The van der Waals surface area contributed by atoms with Crippen molar-refractivity contribution in [3.8, 4) is 0 Å². The number of amides is 1. The summed E-state index contributed by atoms with van der Waals surface area (Å²) in [5.74, 6) is -1.36. The van der Waals surface area contributed by atoms with Gasteiger partial charge in [0.15, 0.2) is 0 Å². The molecule has 1 aromatic rings. The van der Waals surface area contributed by atoms with Gasteiger partial charge in [0.05, 0.1) is 4.92 Å². The highest BCUT2D eigenvalue weighted by Gasteiger charge is 2.19. The molecule has 0 saturated carbocycles. The van der Waals surface area contributed by atoms with E-state index in [0.29, 0.717) is 5.56 Å². The molecule has 0 fully saturated rings. The summed E-state index contributed by atoms with van der Waals surface area (Å²) in [6.45, 7) is -0.153.